The highest BCUT2D eigenvalue weighted by atomic mass is 16.5. The van der Waals surface area contributed by atoms with Gasteiger partial charge in [-0.15, -0.1) is 0 Å². The van der Waals surface area contributed by atoms with Gasteiger partial charge in [0.2, 0.25) is 0 Å². The van der Waals surface area contributed by atoms with Crippen molar-refractivity contribution in [2.75, 3.05) is 0 Å². The summed E-state index contributed by atoms with van der Waals surface area (Å²) in [7, 11) is 0. The largest absolute Gasteiger partial charge is 0.461 e. The van der Waals surface area contributed by atoms with Crippen LogP contribution in [0.3, 0.4) is 0 Å². The fourth-order valence-corrected chi connectivity index (χ4v) is 9.95. The monoisotopic (exact) mass is 720 g/mol. The molecular weight excluding hydrogens is 681 g/mol. The first-order valence-corrected chi connectivity index (χ1v) is 19.9. The average Bonchev–Trinajstić information content (AvgIpc) is 3.57. The number of hydrogen-bond acceptors (Lipinski definition) is 3. The molecule has 0 amide bonds. The minimum Gasteiger partial charge on any atom is -0.461 e. The third-order valence-electron chi connectivity index (χ3n) is 12.4. The first-order chi connectivity index (χ1) is 27.8. The summed E-state index contributed by atoms with van der Waals surface area (Å²) in [6.45, 7) is 0. The van der Waals surface area contributed by atoms with E-state index in [1.165, 1.54) is 44.5 Å². The average molecular weight is 721 g/mol. The molecule has 3 atom stereocenters. The molecule has 0 saturated carbocycles. The van der Waals surface area contributed by atoms with Crippen LogP contribution in [0.2, 0.25) is 0 Å². The van der Waals surface area contributed by atoms with Crippen LogP contribution in [0.4, 0.5) is 0 Å². The van der Waals surface area contributed by atoms with Gasteiger partial charge < -0.3 is 4.74 Å². The summed E-state index contributed by atoms with van der Waals surface area (Å²) in [4.78, 5) is 10.6. The molecule has 3 unspecified atom stereocenters. The Balaban J connectivity index is 1.00. The molecule has 2 heterocycles. The number of benzene rings is 5. The van der Waals surface area contributed by atoms with Gasteiger partial charge in [-0.2, -0.15) is 0 Å². The second-order valence-electron chi connectivity index (χ2n) is 15.4. The van der Waals surface area contributed by atoms with Crippen LogP contribution in [0.5, 0.6) is 5.75 Å². The number of ether oxygens (including phenoxy) is 1. The van der Waals surface area contributed by atoms with Crippen LogP contribution >= 0.6 is 0 Å². The first kappa shape index (κ1) is 32.8. The summed E-state index contributed by atoms with van der Waals surface area (Å²) >= 11 is 0. The first-order valence-electron chi connectivity index (χ1n) is 19.9. The number of fused-ring (bicyclic) bond motifs is 8. The van der Waals surface area contributed by atoms with E-state index in [0.717, 1.165) is 59.1 Å². The smallest absolute Gasteiger partial charge is 0.156 e. The molecule has 4 aliphatic carbocycles. The molecule has 3 heteroatoms. The van der Waals surface area contributed by atoms with Crippen molar-refractivity contribution < 1.29 is 4.74 Å². The van der Waals surface area contributed by atoms with Crippen molar-refractivity contribution in [3.05, 3.63) is 239 Å². The predicted molar refractivity (Wildman–Crippen MR) is 226 cm³/mol. The Hall–Kier alpha value is -6.58. The Kier molecular flexibility index (Phi) is 7.80. The number of rotatable bonds is 5. The van der Waals surface area contributed by atoms with E-state index in [4.69, 9.17) is 14.7 Å². The Morgan fingerprint density at radius 2 is 1.29 bits per heavy atom. The molecule has 1 aromatic heterocycles. The fourth-order valence-electron chi connectivity index (χ4n) is 9.95. The second kappa shape index (κ2) is 13.3. The number of nitrogens with zero attached hydrogens (tertiary/aromatic N) is 2. The second-order valence-corrected chi connectivity index (χ2v) is 15.4. The molecule has 0 bridgehead atoms. The van der Waals surface area contributed by atoms with Crippen LogP contribution < -0.4 is 4.74 Å². The zero-order chi connectivity index (χ0) is 37.1. The standard InChI is InChI=1S/C53H40N2O/c1-3-17-35(18-4-1)48-34-49(36-19-5-2-6-20-36)55-52(54-48)43-26-10-9-23-40(43)39-22-8-7-21-38(39)37-31-32-47-51(33-37)56-50-30-16-15-29-46(50)53(47)44-27-13-11-24-41(44)42-25-12-14-28-45(42)53/h1-19,21-22,24-32,34,36-37,40H,20,23,33H2. The van der Waals surface area contributed by atoms with Gasteiger partial charge in [-0.05, 0) is 58.4 Å². The van der Waals surface area contributed by atoms with E-state index in [2.05, 4.69) is 188 Å². The van der Waals surface area contributed by atoms with Crippen LogP contribution in [0, 0.1) is 0 Å². The molecule has 0 N–H and O–H groups in total. The van der Waals surface area contributed by atoms with Crippen LogP contribution in [-0.4, -0.2) is 9.97 Å². The third kappa shape index (κ3) is 5.11. The van der Waals surface area contributed by atoms with E-state index in [1.807, 2.05) is 0 Å². The fraction of sp³-hybridized carbons (Fsp3) is 0.132. The van der Waals surface area contributed by atoms with Gasteiger partial charge in [0.05, 0.1) is 16.8 Å². The maximum absolute atomic E-state index is 6.98. The van der Waals surface area contributed by atoms with Crippen molar-refractivity contribution in [2.24, 2.45) is 0 Å². The zero-order valence-electron chi connectivity index (χ0n) is 31.1. The molecule has 268 valence electrons. The lowest BCUT2D eigenvalue weighted by molar-refractivity contribution is 0.357. The molecule has 0 fully saturated rings. The highest BCUT2D eigenvalue weighted by molar-refractivity contribution is 5.88. The highest BCUT2D eigenvalue weighted by Crippen LogP contribution is 2.62. The van der Waals surface area contributed by atoms with Crippen LogP contribution in [0.25, 0.3) is 28.0 Å². The molecule has 3 nitrogen and oxygen atoms in total. The van der Waals surface area contributed by atoms with Crippen molar-refractivity contribution in [3.8, 4) is 28.1 Å². The lowest BCUT2D eigenvalue weighted by atomic mass is 9.63. The summed E-state index contributed by atoms with van der Waals surface area (Å²) in [5, 5.41) is 0. The predicted octanol–water partition coefficient (Wildman–Crippen LogP) is 12.6. The van der Waals surface area contributed by atoms with Crippen LogP contribution in [-0.2, 0) is 5.41 Å². The molecule has 5 aliphatic rings. The number of aromatic nitrogens is 2. The lowest BCUT2D eigenvalue weighted by Gasteiger charge is -2.42. The van der Waals surface area contributed by atoms with Crippen molar-refractivity contribution in [1.82, 2.24) is 9.97 Å². The van der Waals surface area contributed by atoms with Gasteiger partial charge in [0.25, 0.3) is 0 Å². The zero-order valence-corrected chi connectivity index (χ0v) is 31.1. The van der Waals surface area contributed by atoms with E-state index in [0.29, 0.717) is 0 Å². The van der Waals surface area contributed by atoms with Gasteiger partial charge in [-0.25, -0.2) is 9.97 Å². The van der Waals surface area contributed by atoms with Gasteiger partial charge in [0, 0.05) is 46.4 Å². The van der Waals surface area contributed by atoms with Crippen molar-refractivity contribution in [3.63, 3.8) is 0 Å². The Morgan fingerprint density at radius 3 is 2.07 bits per heavy atom. The van der Waals surface area contributed by atoms with E-state index >= 15 is 0 Å². The molecule has 11 rings (SSSR count). The van der Waals surface area contributed by atoms with Gasteiger partial charge in [-0.1, -0.05) is 176 Å². The Labute approximate surface area is 328 Å². The molecule has 0 radical (unpaired) electrons. The topological polar surface area (TPSA) is 35.0 Å². The van der Waals surface area contributed by atoms with Crippen LogP contribution in [0.15, 0.2) is 199 Å². The van der Waals surface area contributed by atoms with Crippen LogP contribution in [0.1, 0.15) is 76.4 Å². The van der Waals surface area contributed by atoms with E-state index in [9.17, 15) is 0 Å². The van der Waals surface area contributed by atoms with Gasteiger partial charge in [-0.3, -0.25) is 0 Å². The van der Waals surface area contributed by atoms with Gasteiger partial charge >= 0.3 is 0 Å². The van der Waals surface area contributed by atoms with Gasteiger partial charge in [0.15, 0.2) is 5.82 Å². The molecule has 5 aromatic carbocycles. The minimum atomic E-state index is -0.440. The maximum Gasteiger partial charge on any atom is 0.156 e. The number of allylic oxidation sites excluding steroid dienone is 12. The lowest BCUT2D eigenvalue weighted by Crippen LogP contribution is -2.35. The summed E-state index contributed by atoms with van der Waals surface area (Å²) < 4.78 is 6.98. The molecule has 6 aromatic rings. The Bertz CT molecular complexity index is 2680. The molecule has 0 saturated heterocycles. The van der Waals surface area contributed by atoms with E-state index < -0.39 is 5.41 Å². The minimum absolute atomic E-state index is 0.105. The SMILES string of the molecule is C1=CCC(c2cc(-c3ccccc3)nc(C3=CC=CCC3c3ccccc3C3C=CC4=C(C3)Oc3ccccc3C43c4ccccc4-c4ccccc43)n2)C=C1. The number of hydrogen-bond donors (Lipinski definition) is 0. The number of para-hydroxylation sites is 1. The molecule has 1 aliphatic heterocycles. The summed E-state index contributed by atoms with van der Waals surface area (Å²) in [6, 6.07) is 48.3. The quantitative estimate of drug-likeness (QED) is 0.178. The van der Waals surface area contributed by atoms with E-state index in [1.54, 1.807) is 0 Å². The summed E-state index contributed by atoms with van der Waals surface area (Å²) in [6.07, 6.45) is 22.9. The van der Waals surface area contributed by atoms with Crippen molar-refractivity contribution in [1.29, 1.82) is 0 Å². The van der Waals surface area contributed by atoms with Crippen molar-refractivity contribution >= 4 is 5.57 Å². The van der Waals surface area contributed by atoms with Gasteiger partial charge in [0.1, 0.15) is 11.5 Å². The van der Waals surface area contributed by atoms with E-state index in [-0.39, 0.29) is 17.8 Å². The Morgan fingerprint density at radius 1 is 0.589 bits per heavy atom. The third-order valence-corrected chi connectivity index (χ3v) is 12.4. The summed E-state index contributed by atoms with van der Waals surface area (Å²) in [5.41, 5.74) is 14.2. The molecule has 1 spiro atoms. The normalized spacial score (nSPS) is 20.9. The van der Waals surface area contributed by atoms with Crippen molar-refractivity contribution in [2.45, 2.75) is 42.4 Å². The summed E-state index contributed by atoms with van der Waals surface area (Å²) in [5.74, 6) is 3.26. The molecule has 56 heavy (non-hydrogen) atoms. The highest BCUT2D eigenvalue weighted by Gasteiger charge is 2.52. The maximum atomic E-state index is 6.98. The molecular formula is C53H40N2O.